The van der Waals surface area contributed by atoms with Crippen molar-refractivity contribution in [3.05, 3.63) is 67.6 Å². The van der Waals surface area contributed by atoms with E-state index in [9.17, 15) is 4.79 Å². The van der Waals surface area contributed by atoms with Gasteiger partial charge in [-0.2, -0.15) is 0 Å². The molecular weight excluding hydrogens is 443 g/mol. The molecule has 0 spiro atoms. The smallest absolute Gasteiger partial charge is 0.295 e. The Balaban J connectivity index is 2.16. The topological polar surface area (TPSA) is 26.9 Å². The molecule has 0 aliphatic rings. The molecule has 0 aliphatic heterocycles. The highest BCUT2D eigenvalue weighted by molar-refractivity contribution is 14.1. The van der Waals surface area contributed by atoms with Crippen LogP contribution in [-0.2, 0) is 14.1 Å². The zero-order valence-corrected chi connectivity index (χ0v) is 15.4. The van der Waals surface area contributed by atoms with E-state index >= 15 is 0 Å². The first-order chi connectivity index (χ1) is 10.0. The number of aryl methyl sites for hydroxylation is 2. The SMILES string of the molecule is Cn1c(=O)n(C)c2cc(C(Br)c3ccccc3I)ccc21. The first kappa shape index (κ1) is 14.8. The molecule has 1 unspecified atom stereocenters. The van der Waals surface area contributed by atoms with Crippen LogP contribution in [0.15, 0.2) is 47.3 Å². The Morgan fingerprint density at radius 3 is 2.43 bits per heavy atom. The fourth-order valence-electron chi connectivity index (χ4n) is 2.54. The lowest BCUT2D eigenvalue weighted by Crippen LogP contribution is -2.19. The molecule has 0 amide bonds. The highest BCUT2D eigenvalue weighted by Crippen LogP contribution is 2.34. The van der Waals surface area contributed by atoms with Crippen LogP contribution in [0.4, 0.5) is 0 Å². The second-order valence-corrected chi connectivity index (χ2v) is 7.11. The van der Waals surface area contributed by atoms with Gasteiger partial charge in [0.25, 0.3) is 0 Å². The van der Waals surface area contributed by atoms with Gasteiger partial charge in [-0.15, -0.1) is 0 Å². The zero-order valence-electron chi connectivity index (χ0n) is 11.7. The van der Waals surface area contributed by atoms with E-state index in [0.29, 0.717) is 0 Å². The van der Waals surface area contributed by atoms with Crippen LogP contribution in [0.3, 0.4) is 0 Å². The van der Waals surface area contributed by atoms with E-state index < -0.39 is 0 Å². The molecule has 108 valence electrons. The van der Waals surface area contributed by atoms with E-state index in [2.05, 4.69) is 62.8 Å². The van der Waals surface area contributed by atoms with E-state index in [-0.39, 0.29) is 10.5 Å². The number of hydrogen-bond acceptors (Lipinski definition) is 1. The van der Waals surface area contributed by atoms with Gasteiger partial charge in [-0.3, -0.25) is 9.13 Å². The summed E-state index contributed by atoms with van der Waals surface area (Å²) in [5.41, 5.74) is 4.29. The Morgan fingerprint density at radius 2 is 1.71 bits per heavy atom. The fraction of sp³-hybridized carbons (Fsp3) is 0.188. The number of benzene rings is 2. The van der Waals surface area contributed by atoms with E-state index in [1.165, 1.54) is 9.13 Å². The van der Waals surface area contributed by atoms with Gasteiger partial charge in [0.2, 0.25) is 0 Å². The number of fused-ring (bicyclic) bond motifs is 1. The molecule has 5 heteroatoms. The summed E-state index contributed by atoms with van der Waals surface area (Å²) in [5, 5.41) is 0. The van der Waals surface area contributed by atoms with Crippen molar-refractivity contribution in [3.63, 3.8) is 0 Å². The lowest BCUT2D eigenvalue weighted by atomic mass is 10.0. The molecule has 3 aromatic rings. The molecule has 3 nitrogen and oxygen atoms in total. The molecule has 21 heavy (non-hydrogen) atoms. The van der Waals surface area contributed by atoms with Crippen LogP contribution in [0, 0.1) is 3.57 Å². The lowest BCUT2D eigenvalue weighted by molar-refractivity contribution is 0.795. The third-order valence-corrected chi connectivity index (χ3v) is 5.77. The van der Waals surface area contributed by atoms with Crippen LogP contribution in [0.5, 0.6) is 0 Å². The van der Waals surface area contributed by atoms with Crippen molar-refractivity contribution in [2.45, 2.75) is 4.83 Å². The molecule has 1 aromatic heterocycles. The van der Waals surface area contributed by atoms with Gasteiger partial charge in [-0.25, -0.2) is 4.79 Å². The number of aromatic nitrogens is 2. The summed E-state index contributed by atoms with van der Waals surface area (Å²) in [6, 6.07) is 14.5. The number of halogens is 2. The molecule has 3 rings (SSSR count). The minimum absolute atomic E-state index is 0.00237. The molecule has 0 N–H and O–H groups in total. The Morgan fingerprint density at radius 1 is 1.05 bits per heavy atom. The van der Waals surface area contributed by atoms with Crippen molar-refractivity contribution in [2.24, 2.45) is 14.1 Å². The average Bonchev–Trinajstić information content (AvgIpc) is 2.71. The number of nitrogens with zero attached hydrogens (tertiary/aromatic N) is 2. The second-order valence-electron chi connectivity index (χ2n) is 5.03. The Kier molecular flexibility index (Phi) is 3.96. The Labute approximate surface area is 144 Å². The van der Waals surface area contributed by atoms with E-state index in [4.69, 9.17) is 0 Å². The second kappa shape index (κ2) is 5.61. The highest BCUT2D eigenvalue weighted by Gasteiger charge is 2.15. The largest absolute Gasteiger partial charge is 0.328 e. The van der Waals surface area contributed by atoms with Crippen molar-refractivity contribution in [1.82, 2.24) is 9.13 Å². The Bertz CT molecular complexity index is 882. The standard InChI is InChI=1S/C16H14BrIN2O/c1-19-13-8-7-10(9-14(13)20(2)16(19)21)15(17)11-5-3-4-6-12(11)18/h3-9,15H,1-2H3. The van der Waals surface area contributed by atoms with Crippen molar-refractivity contribution >= 4 is 49.6 Å². The molecular formula is C16H14BrIN2O. The van der Waals surface area contributed by atoms with Gasteiger partial charge < -0.3 is 0 Å². The van der Waals surface area contributed by atoms with Crippen LogP contribution in [0.25, 0.3) is 11.0 Å². The minimum atomic E-state index is 0.00237. The van der Waals surface area contributed by atoms with E-state index in [1.807, 2.05) is 25.2 Å². The van der Waals surface area contributed by atoms with Crippen molar-refractivity contribution in [2.75, 3.05) is 0 Å². The third-order valence-electron chi connectivity index (χ3n) is 3.77. The quantitative estimate of drug-likeness (QED) is 0.423. The van der Waals surface area contributed by atoms with Crippen molar-refractivity contribution < 1.29 is 0 Å². The first-order valence-corrected chi connectivity index (χ1v) is 8.54. The predicted octanol–water partition coefficient (Wildman–Crippen LogP) is 3.97. The summed E-state index contributed by atoms with van der Waals surface area (Å²) in [6.07, 6.45) is 0. The fourth-order valence-corrected chi connectivity index (χ4v) is 4.35. The molecule has 0 aliphatic carbocycles. The van der Waals surface area contributed by atoms with Gasteiger partial charge in [0.05, 0.1) is 15.9 Å². The summed E-state index contributed by atoms with van der Waals surface area (Å²) in [5.74, 6) is 0. The molecule has 0 saturated carbocycles. The third kappa shape index (κ3) is 2.46. The van der Waals surface area contributed by atoms with Crippen LogP contribution in [0.1, 0.15) is 16.0 Å². The highest BCUT2D eigenvalue weighted by atomic mass is 127. The number of imidazole rings is 1. The predicted molar refractivity (Wildman–Crippen MR) is 98.1 cm³/mol. The Hall–Kier alpha value is -1.08. The molecule has 0 saturated heterocycles. The van der Waals surface area contributed by atoms with Crippen LogP contribution >= 0.6 is 38.5 Å². The molecule has 0 radical (unpaired) electrons. The summed E-state index contributed by atoms with van der Waals surface area (Å²) >= 11 is 6.13. The van der Waals surface area contributed by atoms with E-state index in [0.717, 1.165) is 16.6 Å². The molecule has 1 atom stereocenters. The number of alkyl halides is 1. The maximum atomic E-state index is 12.0. The van der Waals surface area contributed by atoms with E-state index in [1.54, 1.807) is 16.2 Å². The molecule has 1 heterocycles. The number of hydrogen-bond donors (Lipinski definition) is 0. The van der Waals surface area contributed by atoms with Gasteiger partial charge in [0.1, 0.15) is 0 Å². The lowest BCUT2D eigenvalue weighted by Gasteiger charge is -2.13. The molecule has 2 aromatic carbocycles. The van der Waals surface area contributed by atoms with Crippen LogP contribution in [0.2, 0.25) is 0 Å². The van der Waals surface area contributed by atoms with Crippen LogP contribution < -0.4 is 5.69 Å². The summed E-state index contributed by atoms with van der Waals surface area (Å²) < 4.78 is 4.59. The maximum absolute atomic E-state index is 12.0. The summed E-state index contributed by atoms with van der Waals surface area (Å²) in [6.45, 7) is 0. The maximum Gasteiger partial charge on any atom is 0.328 e. The van der Waals surface area contributed by atoms with Gasteiger partial charge >= 0.3 is 5.69 Å². The normalized spacial score (nSPS) is 12.8. The zero-order chi connectivity index (χ0) is 15.1. The molecule has 0 bridgehead atoms. The average molecular weight is 457 g/mol. The monoisotopic (exact) mass is 456 g/mol. The van der Waals surface area contributed by atoms with Crippen molar-refractivity contribution in [3.8, 4) is 0 Å². The van der Waals surface area contributed by atoms with Gasteiger partial charge in [0, 0.05) is 17.7 Å². The van der Waals surface area contributed by atoms with Gasteiger partial charge in [0.15, 0.2) is 0 Å². The van der Waals surface area contributed by atoms with Gasteiger partial charge in [-0.05, 0) is 51.9 Å². The van der Waals surface area contributed by atoms with Gasteiger partial charge in [-0.1, -0.05) is 40.2 Å². The van der Waals surface area contributed by atoms with Crippen molar-refractivity contribution in [1.29, 1.82) is 0 Å². The summed E-state index contributed by atoms with van der Waals surface area (Å²) in [7, 11) is 3.61. The summed E-state index contributed by atoms with van der Waals surface area (Å²) in [4.78, 5) is 12.1. The number of rotatable bonds is 2. The molecule has 0 fully saturated rings. The van der Waals surface area contributed by atoms with Crippen LogP contribution in [-0.4, -0.2) is 9.13 Å². The first-order valence-electron chi connectivity index (χ1n) is 6.54. The minimum Gasteiger partial charge on any atom is -0.295 e.